The van der Waals surface area contributed by atoms with Gasteiger partial charge in [0.2, 0.25) is 5.91 Å². The highest BCUT2D eigenvalue weighted by atomic mass is 35.5. The Labute approximate surface area is 85.0 Å². The number of amides is 1. The van der Waals surface area contributed by atoms with E-state index < -0.39 is 0 Å². The molecular weight excluding hydrogens is 186 g/mol. The highest BCUT2D eigenvalue weighted by molar-refractivity contribution is 6.19. The molecule has 0 aliphatic heterocycles. The van der Waals surface area contributed by atoms with Gasteiger partial charge >= 0.3 is 0 Å². The lowest BCUT2D eigenvalue weighted by molar-refractivity contribution is -0.126. The Hall–Kier alpha value is -0.240. The Morgan fingerprint density at radius 2 is 2.00 bits per heavy atom. The number of hydrogen-bond acceptors (Lipinski definition) is 1. The number of rotatable bonds is 5. The summed E-state index contributed by atoms with van der Waals surface area (Å²) in [5, 5.41) is 3.05. The molecule has 1 amide bonds. The van der Waals surface area contributed by atoms with Crippen LogP contribution in [0.5, 0.6) is 0 Å². The fraction of sp³-hybridized carbons (Fsp3) is 0.900. The van der Waals surface area contributed by atoms with Gasteiger partial charge in [0.1, 0.15) is 0 Å². The van der Waals surface area contributed by atoms with Crippen LogP contribution in [0.2, 0.25) is 0 Å². The normalized spacial score (nSPS) is 18.8. The number of carbonyl (C=O) groups excluding carboxylic acids is 1. The van der Waals surface area contributed by atoms with Gasteiger partial charge in [-0.05, 0) is 25.7 Å². The average molecular weight is 204 g/mol. The van der Waals surface area contributed by atoms with Crippen LogP contribution in [-0.4, -0.2) is 17.3 Å². The second kappa shape index (κ2) is 4.32. The number of hydrogen-bond donors (Lipinski definition) is 1. The van der Waals surface area contributed by atoms with E-state index in [4.69, 9.17) is 11.6 Å². The van der Waals surface area contributed by atoms with Crippen LogP contribution >= 0.6 is 11.6 Å². The van der Waals surface area contributed by atoms with Crippen molar-refractivity contribution >= 4 is 17.5 Å². The van der Waals surface area contributed by atoms with Gasteiger partial charge in [0.15, 0.2) is 0 Å². The maximum Gasteiger partial charge on any atom is 0.223 e. The van der Waals surface area contributed by atoms with E-state index in [0.29, 0.717) is 5.88 Å². The van der Waals surface area contributed by atoms with Crippen molar-refractivity contribution in [2.75, 3.05) is 5.88 Å². The summed E-state index contributed by atoms with van der Waals surface area (Å²) in [5.41, 5.74) is -0.0404. The largest absolute Gasteiger partial charge is 0.349 e. The zero-order valence-electron chi connectivity index (χ0n) is 8.40. The molecule has 76 valence electrons. The third-order valence-corrected chi connectivity index (χ3v) is 3.37. The molecule has 0 bridgehead atoms. The molecule has 0 radical (unpaired) electrons. The molecule has 0 aromatic carbocycles. The van der Waals surface area contributed by atoms with Gasteiger partial charge in [-0.25, -0.2) is 0 Å². The van der Waals surface area contributed by atoms with Crippen LogP contribution in [0.1, 0.15) is 39.5 Å². The van der Waals surface area contributed by atoms with Crippen LogP contribution in [0, 0.1) is 5.92 Å². The predicted molar refractivity (Wildman–Crippen MR) is 54.9 cm³/mol. The van der Waals surface area contributed by atoms with Gasteiger partial charge in [0.05, 0.1) is 5.54 Å². The van der Waals surface area contributed by atoms with E-state index in [1.165, 1.54) is 0 Å². The first-order valence-corrected chi connectivity index (χ1v) is 5.59. The lowest BCUT2D eigenvalue weighted by Gasteiger charge is -2.18. The lowest BCUT2D eigenvalue weighted by atomic mass is 10.0. The summed E-state index contributed by atoms with van der Waals surface area (Å²) >= 11 is 5.78. The van der Waals surface area contributed by atoms with E-state index >= 15 is 0 Å². The molecule has 0 saturated heterocycles. The molecule has 1 aliphatic rings. The third-order valence-electron chi connectivity index (χ3n) is 2.85. The van der Waals surface area contributed by atoms with E-state index in [-0.39, 0.29) is 17.4 Å². The van der Waals surface area contributed by atoms with Gasteiger partial charge in [0.25, 0.3) is 0 Å². The number of halogens is 1. The summed E-state index contributed by atoms with van der Waals surface area (Å²) in [6.45, 7) is 4.10. The Bertz CT molecular complexity index is 185. The van der Waals surface area contributed by atoms with Crippen LogP contribution < -0.4 is 5.32 Å². The van der Waals surface area contributed by atoms with E-state index in [2.05, 4.69) is 5.32 Å². The highest BCUT2D eigenvalue weighted by Crippen LogP contribution is 2.36. The summed E-state index contributed by atoms with van der Waals surface area (Å²) in [6, 6.07) is 0. The molecule has 0 atom stereocenters. The van der Waals surface area contributed by atoms with Gasteiger partial charge in [-0.15, -0.1) is 11.6 Å². The summed E-state index contributed by atoms with van der Waals surface area (Å²) in [7, 11) is 0. The maximum absolute atomic E-state index is 11.7. The Kier molecular flexibility index (Phi) is 3.60. The molecule has 1 fully saturated rings. The van der Waals surface area contributed by atoms with Gasteiger partial charge in [-0.3, -0.25) is 4.79 Å². The first kappa shape index (κ1) is 10.8. The molecule has 0 unspecified atom stereocenters. The molecule has 0 spiro atoms. The molecule has 1 aliphatic carbocycles. The van der Waals surface area contributed by atoms with Gasteiger partial charge in [-0.1, -0.05) is 13.8 Å². The van der Waals surface area contributed by atoms with E-state index in [9.17, 15) is 4.79 Å². The van der Waals surface area contributed by atoms with E-state index in [1.807, 2.05) is 13.8 Å². The monoisotopic (exact) mass is 203 g/mol. The van der Waals surface area contributed by atoms with Crippen LogP contribution in [0.3, 0.4) is 0 Å². The van der Waals surface area contributed by atoms with Crippen molar-refractivity contribution in [3.63, 3.8) is 0 Å². The smallest absolute Gasteiger partial charge is 0.223 e. The van der Waals surface area contributed by atoms with Gasteiger partial charge < -0.3 is 5.32 Å². The minimum absolute atomic E-state index is 0.0404. The molecule has 1 saturated carbocycles. The van der Waals surface area contributed by atoms with Crippen molar-refractivity contribution in [1.82, 2.24) is 5.32 Å². The zero-order chi connectivity index (χ0) is 9.90. The maximum atomic E-state index is 11.7. The van der Waals surface area contributed by atoms with Gasteiger partial charge in [0, 0.05) is 11.8 Å². The molecule has 3 heteroatoms. The minimum Gasteiger partial charge on any atom is -0.349 e. The summed E-state index contributed by atoms with van der Waals surface area (Å²) in [4.78, 5) is 11.7. The number of carbonyl (C=O) groups is 1. The minimum atomic E-state index is -0.0404. The third kappa shape index (κ3) is 2.60. The number of alkyl halides is 1. The van der Waals surface area contributed by atoms with E-state index in [0.717, 1.165) is 25.7 Å². The second-order valence-corrected chi connectivity index (χ2v) is 4.18. The van der Waals surface area contributed by atoms with Crippen molar-refractivity contribution in [1.29, 1.82) is 0 Å². The molecule has 0 aromatic rings. The van der Waals surface area contributed by atoms with Crippen LogP contribution in [0.4, 0.5) is 0 Å². The first-order valence-electron chi connectivity index (χ1n) is 5.05. The average Bonchev–Trinajstić information content (AvgIpc) is 2.88. The van der Waals surface area contributed by atoms with Gasteiger partial charge in [-0.2, -0.15) is 0 Å². The Morgan fingerprint density at radius 3 is 2.31 bits per heavy atom. The molecule has 0 aromatic heterocycles. The second-order valence-electron chi connectivity index (χ2n) is 3.92. The highest BCUT2D eigenvalue weighted by Gasteiger charge is 2.43. The van der Waals surface area contributed by atoms with Crippen LogP contribution in [-0.2, 0) is 4.79 Å². The predicted octanol–water partition coefficient (Wildman–Crippen LogP) is 2.31. The first-order chi connectivity index (χ1) is 6.17. The molecule has 2 nitrogen and oxygen atoms in total. The number of nitrogens with one attached hydrogen (secondary N) is 1. The van der Waals surface area contributed by atoms with Crippen molar-refractivity contribution in [3.05, 3.63) is 0 Å². The molecule has 1 N–H and O–H groups in total. The topological polar surface area (TPSA) is 29.1 Å². The molecule has 1 rings (SSSR count). The molecular formula is C10H18ClNO. The zero-order valence-corrected chi connectivity index (χ0v) is 9.16. The van der Waals surface area contributed by atoms with Crippen molar-refractivity contribution in [3.8, 4) is 0 Å². The SMILES string of the molecule is CCC(CC)C(=O)NC1(CCl)CC1. The summed E-state index contributed by atoms with van der Waals surface area (Å²) < 4.78 is 0. The van der Waals surface area contributed by atoms with Crippen molar-refractivity contribution < 1.29 is 4.79 Å². The van der Waals surface area contributed by atoms with Crippen molar-refractivity contribution in [2.24, 2.45) is 5.92 Å². The van der Waals surface area contributed by atoms with Crippen LogP contribution in [0.25, 0.3) is 0 Å². The summed E-state index contributed by atoms with van der Waals surface area (Å²) in [6.07, 6.45) is 3.92. The van der Waals surface area contributed by atoms with Crippen LogP contribution in [0.15, 0.2) is 0 Å². The Balaban J connectivity index is 2.40. The molecule has 0 heterocycles. The molecule has 13 heavy (non-hydrogen) atoms. The lowest BCUT2D eigenvalue weighted by Crippen LogP contribution is -2.41. The van der Waals surface area contributed by atoms with E-state index in [1.54, 1.807) is 0 Å². The summed E-state index contributed by atoms with van der Waals surface area (Å²) in [5.74, 6) is 0.905. The fourth-order valence-corrected chi connectivity index (χ4v) is 1.80. The quantitative estimate of drug-likeness (QED) is 0.683. The van der Waals surface area contributed by atoms with Crippen molar-refractivity contribution in [2.45, 2.75) is 45.1 Å². The standard InChI is InChI=1S/C10H18ClNO/c1-3-8(4-2)9(13)12-10(7-11)5-6-10/h8H,3-7H2,1-2H3,(H,12,13). The Morgan fingerprint density at radius 1 is 1.46 bits per heavy atom. The fourth-order valence-electron chi connectivity index (χ4n) is 1.47.